The molecule has 188 valence electrons. The minimum absolute atomic E-state index is 0.245. The van der Waals surface area contributed by atoms with Crippen molar-refractivity contribution in [3.8, 4) is 0 Å². The molecule has 0 radical (unpaired) electrons. The van der Waals surface area contributed by atoms with Crippen LogP contribution in [0.25, 0.3) is 5.57 Å². The Bertz CT molecular complexity index is 1530. The second-order valence-electron chi connectivity index (χ2n) is 10.8. The fourth-order valence-electron chi connectivity index (χ4n) is 7.36. The van der Waals surface area contributed by atoms with Crippen molar-refractivity contribution in [2.45, 2.75) is 25.3 Å². The van der Waals surface area contributed by atoms with Gasteiger partial charge in [-0.1, -0.05) is 66.8 Å². The zero-order valence-electron chi connectivity index (χ0n) is 21.5. The van der Waals surface area contributed by atoms with E-state index < -0.39 is 0 Å². The summed E-state index contributed by atoms with van der Waals surface area (Å²) in [5.74, 6) is 0.320. The number of allylic oxidation sites excluding steroid dienone is 5. The number of nitrogens with one attached hydrogen (secondary N) is 2. The maximum absolute atomic E-state index is 3.65. The quantitative estimate of drug-likeness (QED) is 0.510. The van der Waals surface area contributed by atoms with E-state index in [9.17, 15) is 0 Å². The van der Waals surface area contributed by atoms with Gasteiger partial charge in [0.2, 0.25) is 0 Å². The van der Waals surface area contributed by atoms with Crippen LogP contribution in [0.4, 0.5) is 11.4 Å². The molecule has 0 saturated carbocycles. The van der Waals surface area contributed by atoms with Crippen molar-refractivity contribution in [3.63, 3.8) is 0 Å². The average molecular weight is 497 g/mol. The first-order valence-electron chi connectivity index (χ1n) is 14.0. The number of fused-ring (bicyclic) bond motifs is 5. The van der Waals surface area contributed by atoms with E-state index in [1.54, 1.807) is 16.7 Å². The molecule has 0 aromatic heterocycles. The van der Waals surface area contributed by atoms with Gasteiger partial charge in [-0.2, -0.15) is 0 Å². The van der Waals surface area contributed by atoms with E-state index in [0.29, 0.717) is 5.92 Å². The molecule has 0 spiro atoms. The van der Waals surface area contributed by atoms with Gasteiger partial charge in [0.1, 0.15) is 0 Å². The number of para-hydroxylation sites is 2. The molecule has 0 amide bonds. The Morgan fingerprint density at radius 2 is 1.66 bits per heavy atom. The van der Waals surface area contributed by atoms with Crippen LogP contribution in [0.2, 0.25) is 0 Å². The fraction of sp³-hybridized carbons (Fsp3) is 0.235. The topological polar surface area (TPSA) is 30.5 Å². The van der Waals surface area contributed by atoms with E-state index in [4.69, 9.17) is 0 Å². The molecule has 4 heterocycles. The minimum atomic E-state index is 0.245. The minimum Gasteiger partial charge on any atom is -0.380 e. The van der Waals surface area contributed by atoms with Gasteiger partial charge in [0.05, 0.1) is 23.1 Å². The van der Waals surface area contributed by atoms with Gasteiger partial charge in [-0.05, 0) is 66.3 Å². The van der Waals surface area contributed by atoms with Crippen LogP contribution in [-0.2, 0) is 0 Å². The summed E-state index contributed by atoms with van der Waals surface area (Å²) in [4.78, 5) is 5.21. The van der Waals surface area contributed by atoms with E-state index in [1.165, 1.54) is 39.7 Å². The first-order valence-corrected chi connectivity index (χ1v) is 14.0. The van der Waals surface area contributed by atoms with Gasteiger partial charge in [0.15, 0.2) is 0 Å². The number of nitrogens with zero attached hydrogens (tertiary/aromatic N) is 2. The highest BCUT2D eigenvalue weighted by Gasteiger charge is 2.42. The van der Waals surface area contributed by atoms with Crippen molar-refractivity contribution in [2.75, 3.05) is 24.5 Å². The number of anilines is 2. The summed E-state index contributed by atoms with van der Waals surface area (Å²) in [7, 11) is 0. The first-order chi connectivity index (χ1) is 18.9. The third-order valence-corrected chi connectivity index (χ3v) is 8.87. The normalized spacial score (nSPS) is 25.1. The lowest BCUT2D eigenvalue weighted by Crippen LogP contribution is -2.37. The highest BCUT2D eigenvalue weighted by Crippen LogP contribution is 2.53. The van der Waals surface area contributed by atoms with Crippen molar-refractivity contribution in [1.29, 1.82) is 0 Å². The summed E-state index contributed by atoms with van der Waals surface area (Å²) < 4.78 is 0. The Morgan fingerprint density at radius 1 is 0.789 bits per heavy atom. The largest absolute Gasteiger partial charge is 0.380 e. The predicted molar refractivity (Wildman–Crippen MR) is 155 cm³/mol. The predicted octanol–water partition coefficient (Wildman–Crippen LogP) is 6.31. The van der Waals surface area contributed by atoms with Gasteiger partial charge in [-0.25, -0.2) is 0 Å². The highest BCUT2D eigenvalue weighted by atomic mass is 15.2. The van der Waals surface area contributed by atoms with Gasteiger partial charge in [0, 0.05) is 48.2 Å². The van der Waals surface area contributed by atoms with Gasteiger partial charge in [0.25, 0.3) is 0 Å². The van der Waals surface area contributed by atoms with Crippen LogP contribution in [0, 0.1) is 5.92 Å². The molecule has 2 aliphatic carbocycles. The Balaban J connectivity index is 1.29. The molecule has 2 atom stereocenters. The molecule has 0 bridgehead atoms. The van der Waals surface area contributed by atoms with Crippen molar-refractivity contribution in [2.24, 2.45) is 5.92 Å². The molecule has 2 aromatic rings. The first kappa shape index (κ1) is 21.9. The molecular weight excluding hydrogens is 464 g/mol. The summed E-state index contributed by atoms with van der Waals surface area (Å²) in [6.45, 7) is 2.82. The SMILES string of the molecule is C1=CC2C3=C(CCC4=C3CCN4C3=CCNC4=C3NCC=C4)c3ccccc3N(c3ccccc3)C2C=C1. The third-order valence-electron chi connectivity index (χ3n) is 8.87. The maximum Gasteiger partial charge on any atom is 0.0816 e. The van der Waals surface area contributed by atoms with Gasteiger partial charge in [-0.15, -0.1) is 0 Å². The van der Waals surface area contributed by atoms with Crippen molar-refractivity contribution < 1.29 is 0 Å². The van der Waals surface area contributed by atoms with Gasteiger partial charge < -0.3 is 20.4 Å². The summed E-state index contributed by atoms with van der Waals surface area (Å²) in [6.07, 6.45) is 19.4. The molecule has 2 aromatic carbocycles. The Hall–Kier alpha value is -4.18. The van der Waals surface area contributed by atoms with Crippen LogP contribution in [0.5, 0.6) is 0 Å². The molecular formula is C34H32N4. The molecule has 4 nitrogen and oxygen atoms in total. The van der Waals surface area contributed by atoms with Crippen LogP contribution in [0.1, 0.15) is 24.8 Å². The van der Waals surface area contributed by atoms with Crippen molar-refractivity contribution >= 4 is 16.9 Å². The number of dihydropyridines is 2. The molecule has 6 aliphatic rings. The Labute approximate surface area is 224 Å². The summed E-state index contributed by atoms with van der Waals surface area (Å²) in [5.41, 5.74) is 14.1. The lowest BCUT2D eigenvalue weighted by molar-refractivity contribution is 0.443. The molecule has 8 rings (SSSR count). The number of rotatable bonds is 2. The molecule has 0 fully saturated rings. The maximum atomic E-state index is 3.65. The third kappa shape index (κ3) is 3.22. The van der Waals surface area contributed by atoms with Crippen LogP contribution >= 0.6 is 0 Å². The van der Waals surface area contributed by atoms with Crippen LogP contribution in [0.3, 0.4) is 0 Å². The van der Waals surface area contributed by atoms with E-state index in [1.807, 2.05) is 0 Å². The van der Waals surface area contributed by atoms with E-state index >= 15 is 0 Å². The smallest absolute Gasteiger partial charge is 0.0816 e. The zero-order chi connectivity index (χ0) is 25.1. The van der Waals surface area contributed by atoms with Crippen molar-refractivity contribution in [1.82, 2.24) is 15.5 Å². The lowest BCUT2D eigenvalue weighted by Gasteiger charge is -2.38. The standard InChI is InChI=1S/C34H32N4/c1-2-9-23(10-3-1)38-30-14-6-4-11-24(30)25-16-17-29-27(33(25)26-12-5-7-15-31(26)38)19-22-37(29)32-18-21-35-28-13-8-20-36-34(28)32/h1-15,18,26,31,35-36H,16-17,19-22H2. The van der Waals surface area contributed by atoms with Crippen LogP contribution in [0.15, 0.2) is 131 Å². The number of hydrogen-bond donors (Lipinski definition) is 2. The number of hydrogen-bond acceptors (Lipinski definition) is 4. The molecule has 4 heteroatoms. The average Bonchev–Trinajstić information content (AvgIpc) is 3.37. The fourth-order valence-corrected chi connectivity index (χ4v) is 7.36. The molecule has 4 aliphatic heterocycles. The summed E-state index contributed by atoms with van der Waals surface area (Å²) >= 11 is 0. The molecule has 2 N–H and O–H groups in total. The molecule has 38 heavy (non-hydrogen) atoms. The van der Waals surface area contributed by atoms with Crippen LogP contribution in [-0.4, -0.2) is 30.6 Å². The summed E-state index contributed by atoms with van der Waals surface area (Å²) in [5, 5.41) is 7.20. The molecule has 2 unspecified atom stereocenters. The summed E-state index contributed by atoms with van der Waals surface area (Å²) in [6, 6.07) is 20.3. The second-order valence-corrected chi connectivity index (χ2v) is 10.8. The van der Waals surface area contributed by atoms with E-state index in [2.05, 4.69) is 118 Å². The second kappa shape index (κ2) is 8.70. The van der Waals surface area contributed by atoms with Gasteiger partial charge in [-0.3, -0.25) is 0 Å². The Kier molecular flexibility index (Phi) is 5.00. The van der Waals surface area contributed by atoms with E-state index in [-0.39, 0.29) is 6.04 Å². The van der Waals surface area contributed by atoms with Gasteiger partial charge >= 0.3 is 0 Å². The highest BCUT2D eigenvalue weighted by molar-refractivity contribution is 5.88. The monoisotopic (exact) mass is 496 g/mol. The molecule has 0 saturated heterocycles. The lowest BCUT2D eigenvalue weighted by atomic mass is 9.76. The van der Waals surface area contributed by atoms with Crippen LogP contribution < -0.4 is 15.5 Å². The zero-order valence-corrected chi connectivity index (χ0v) is 21.5. The number of benzene rings is 2. The Morgan fingerprint density at radius 3 is 2.61 bits per heavy atom. The van der Waals surface area contributed by atoms with Crippen molar-refractivity contribution in [3.05, 3.63) is 137 Å². The van der Waals surface area contributed by atoms with E-state index in [0.717, 1.165) is 38.9 Å².